The second-order valence-electron chi connectivity index (χ2n) is 32.5. The van der Waals surface area contributed by atoms with Crippen molar-refractivity contribution in [2.24, 2.45) is 0 Å². The predicted molar refractivity (Wildman–Crippen MR) is 599 cm³/mol. The summed E-state index contributed by atoms with van der Waals surface area (Å²) in [7, 11) is 0. The molecule has 10 aromatic heterocycles. The average molecular weight is 2260 g/mol. The summed E-state index contributed by atoms with van der Waals surface area (Å²) in [4.78, 5) is 198. The van der Waals surface area contributed by atoms with Crippen LogP contribution in [0.5, 0.6) is 0 Å². The van der Waals surface area contributed by atoms with E-state index >= 15 is 0 Å². The van der Waals surface area contributed by atoms with E-state index in [0.29, 0.717) is 65.2 Å². The van der Waals surface area contributed by atoms with Crippen molar-refractivity contribution in [1.29, 1.82) is 0 Å². The van der Waals surface area contributed by atoms with E-state index < -0.39 is 0 Å². The van der Waals surface area contributed by atoms with Crippen LogP contribution in [-0.2, 0) is 0 Å². The number of Topliss-reactive ketones (excluding diaryl/α,β-unsaturated/α-hetero) is 16. The number of aryl methyl sites for hydroxylation is 7. The topological polar surface area (TPSA) is 273 Å². The summed E-state index contributed by atoms with van der Waals surface area (Å²) in [5, 5.41) is 15.1. The van der Waals surface area contributed by atoms with Crippen molar-refractivity contribution < 1.29 is 76.7 Å². The van der Waals surface area contributed by atoms with Gasteiger partial charge >= 0.3 is 0 Å². The maximum atomic E-state index is 11.9. The fourth-order valence-electron chi connectivity index (χ4n) is 13.2. The maximum Gasteiger partial charge on any atom is 0.174 e. The number of rotatable bonds is 40. The van der Waals surface area contributed by atoms with Gasteiger partial charge in [0.25, 0.3) is 0 Å². The predicted octanol–water partition coefficient (Wildman–Crippen LogP) is 33.2. The molecule has 0 amide bonds. The average Bonchev–Trinajstić information content (AvgIpc) is 1.69. The van der Waals surface area contributed by atoms with E-state index in [2.05, 4.69) is 31.9 Å². The van der Waals surface area contributed by atoms with Gasteiger partial charge in [0.1, 0.15) is 0 Å². The molecule has 0 aliphatic carbocycles. The lowest BCUT2D eigenvalue weighted by atomic mass is 10.0. The van der Waals surface area contributed by atoms with Crippen molar-refractivity contribution in [1.82, 2.24) is 0 Å². The Kier molecular flexibility index (Phi) is 49.5. The van der Waals surface area contributed by atoms with Crippen molar-refractivity contribution in [2.45, 2.75) is 151 Å². The molecule has 0 saturated heterocycles. The molecule has 6 aromatic carbocycles. The zero-order valence-corrected chi connectivity index (χ0v) is 92.0. The molecule has 16 rings (SSSR count). The van der Waals surface area contributed by atoms with Crippen LogP contribution in [0.15, 0.2) is 307 Å². The lowest BCUT2D eigenvalue weighted by molar-refractivity contribution is 0.0919. The molecule has 0 saturated carbocycles. The summed E-state index contributed by atoms with van der Waals surface area (Å²) in [5.74, 6) is 0.524. The molecule has 10 heterocycles. The molecule has 0 spiro atoms. The number of ketones is 16. The number of carbonyl (C=O) groups is 16. The third kappa shape index (κ3) is 40.0. The third-order valence-corrected chi connectivity index (χ3v) is 33.1. The smallest absolute Gasteiger partial charge is 0.174 e. The summed E-state index contributed by atoms with van der Waals surface area (Å²) < 4.78 is 2.31. The van der Waals surface area contributed by atoms with Crippen LogP contribution in [0.3, 0.4) is 0 Å². The Labute approximate surface area is 900 Å². The Morgan fingerprint density at radius 3 is 0.757 bits per heavy atom. The van der Waals surface area contributed by atoms with Gasteiger partial charge in [-0.2, -0.15) is 0 Å². The summed E-state index contributed by atoms with van der Waals surface area (Å²) in [5.41, 5.74) is 10.5. The Morgan fingerprint density at radius 1 is 0.215 bits per heavy atom. The molecule has 0 unspecified atom stereocenters. The van der Waals surface area contributed by atoms with Gasteiger partial charge in [0.05, 0.1) is 53.1 Å². The first-order chi connectivity index (χ1) is 69.2. The van der Waals surface area contributed by atoms with Gasteiger partial charge in [-0.15, -0.1) is 113 Å². The first kappa shape index (κ1) is 116. The van der Waals surface area contributed by atoms with Gasteiger partial charge in [-0.3, -0.25) is 76.7 Å². The minimum absolute atomic E-state index is 0.00370. The highest BCUT2D eigenvalue weighted by Crippen LogP contribution is 2.30. The van der Waals surface area contributed by atoms with E-state index in [1.807, 2.05) is 261 Å². The molecule has 0 N–H and O–H groups in total. The third-order valence-electron chi connectivity index (χ3n) is 21.2. The number of halogens is 3. The molecule has 0 atom stereocenters. The lowest BCUT2D eigenvalue weighted by Gasteiger charge is -2.01. The summed E-state index contributed by atoms with van der Waals surface area (Å²) in [6, 6.07) is 77.0. The van der Waals surface area contributed by atoms with Gasteiger partial charge in [0, 0.05) is 155 Å². The number of thiophene rings is 10. The highest BCUT2D eigenvalue weighted by atomic mass is 79.9. The quantitative estimate of drug-likeness (QED) is 0.0323. The van der Waals surface area contributed by atoms with E-state index in [4.69, 9.17) is 11.6 Å². The SMILES string of the molecule is Cc1ccc(C(=O)CCC(=O)c2ccc(Cl)s2)cc1.Cc1ccc(C(=O)CCC(=O)c2ccccc2)s1.Cc1ccc(C(=O)CCC(=O)c2cccs2)cc1.Cc1ccc(C(=O)CCC(=O)c2cccs2)cc1.Cc1ccsc1C(=O)CCC(=O)c1sccc1C.Cc1csc(C(=O)CCC(=O)c2ccccc2)c1.O=C(CCC(=O)c1cccs1)c1ccccc1.O=C(CCC(=O)c1sccc1Br)c1cc(Br)cs1. The first-order valence-electron chi connectivity index (χ1n) is 45.6. The van der Waals surface area contributed by atoms with Crippen LogP contribution in [-0.4, -0.2) is 92.5 Å². The lowest BCUT2D eigenvalue weighted by Crippen LogP contribution is -2.04. The van der Waals surface area contributed by atoms with Crippen molar-refractivity contribution in [2.75, 3.05) is 0 Å². The van der Waals surface area contributed by atoms with Crippen LogP contribution in [0.2, 0.25) is 4.34 Å². The molecule has 0 aliphatic rings. The zero-order valence-electron chi connectivity index (χ0n) is 79.9. The molecule has 0 fully saturated rings. The van der Waals surface area contributed by atoms with Gasteiger partial charge in [-0.05, 0) is 207 Å². The maximum absolute atomic E-state index is 11.9. The van der Waals surface area contributed by atoms with E-state index in [1.165, 1.54) is 113 Å². The molecular weight excluding hydrogens is 2150 g/mol. The van der Waals surface area contributed by atoms with Crippen LogP contribution in [0.1, 0.15) is 300 Å². The standard InChI is InChI=1S/C15H13ClO2S.4C15H14O2S.C14H14O2S2.C14H12O2S.C12H8Br2O2S2/c1-10-2-4-11(5-3-10)12(17)6-7-13(18)14-8-9-15(16)19-14;2*1-11-4-6-12(7-5-11)13(16)8-9-14(17)15-3-2-10-18-15;1-11-7-10-15(18-11)14(17)9-8-13(16)12-5-3-2-4-6-12;1-11-9-15(18-10-11)14(17)8-7-13(16)12-5-3-2-4-6-12;1-9-5-7-17-13(9)11(15)3-4-12(16)14-10(2)6-8-18-14;15-12(11-5-2-1-3-6-11)8-9-13(16)14-7-4-10-17-14;13-7-5-11(18-6-7)9(15)1-2-10(16)12-8(14)3-4-17-12/h2-5,8-9H,6-7H2,1H3;3*2-7,10H,8-9H2,1H3;2-6,9-10H,7-8H2,1H3;5-8H,3-4H2,1-2H3;1-7,10H,8-9H2;3-6H,1-2H2. The van der Waals surface area contributed by atoms with Gasteiger partial charge in [-0.1, -0.05) is 210 Å². The minimum Gasteiger partial charge on any atom is -0.294 e. The number of carbonyl (C=O) groups excluding carboxylic acids is 16. The fourth-order valence-corrected chi connectivity index (χ4v) is 22.7. The molecule has 144 heavy (non-hydrogen) atoms. The van der Waals surface area contributed by atoms with Crippen LogP contribution in [0.4, 0.5) is 0 Å². The van der Waals surface area contributed by atoms with Crippen LogP contribution < -0.4 is 0 Å². The molecule has 16 nitrogen and oxygen atoms in total. The summed E-state index contributed by atoms with van der Waals surface area (Å²) in [6.45, 7) is 13.7. The van der Waals surface area contributed by atoms with Crippen molar-refractivity contribution >= 4 is 249 Å². The van der Waals surface area contributed by atoms with Crippen LogP contribution in [0.25, 0.3) is 0 Å². The monoisotopic (exact) mass is 2250 g/mol. The van der Waals surface area contributed by atoms with Crippen molar-refractivity contribution in [3.05, 3.63) is 432 Å². The fraction of sp³-hybridized carbons (Fsp3) is 0.200. The van der Waals surface area contributed by atoms with E-state index in [-0.39, 0.29) is 182 Å². The van der Waals surface area contributed by atoms with Crippen LogP contribution >= 0.6 is 157 Å². The zero-order chi connectivity index (χ0) is 104. The van der Waals surface area contributed by atoms with Gasteiger partial charge in [-0.25, -0.2) is 0 Å². The highest BCUT2D eigenvalue weighted by Gasteiger charge is 2.22. The highest BCUT2D eigenvalue weighted by molar-refractivity contribution is 9.11. The largest absolute Gasteiger partial charge is 0.294 e. The Bertz CT molecular complexity index is 6690. The Balaban J connectivity index is 0.000000183. The van der Waals surface area contributed by atoms with E-state index in [1.54, 1.807) is 84.9 Å². The number of hydrogen-bond acceptors (Lipinski definition) is 26. The van der Waals surface area contributed by atoms with E-state index in [0.717, 1.165) is 81.3 Å². The number of hydrogen-bond donors (Lipinski definition) is 0. The van der Waals surface area contributed by atoms with Gasteiger partial charge in [0.2, 0.25) is 0 Å². The number of benzene rings is 6. The second kappa shape index (κ2) is 61.5. The minimum atomic E-state index is -0.0302. The molecular formula is C115H103Br2ClO16S10. The molecule has 0 radical (unpaired) electrons. The van der Waals surface area contributed by atoms with Gasteiger partial charge in [0.15, 0.2) is 92.5 Å². The van der Waals surface area contributed by atoms with Crippen LogP contribution in [0, 0.1) is 48.5 Å². The summed E-state index contributed by atoms with van der Waals surface area (Å²) in [6.07, 6.45) is 4.40. The van der Waals surface area contributed by atoms with Crippen molar-refractivity contribution in [3.63, 3.8) is 0 Å². The molecule has 740 valence electrons. The molecule has 16 aromatic rings. The van der Waals surface area contributed by atoms with Crippen molar-refractivity contribution in [3.8, 4) is 0 Å². The van der Waals surface area contributed by atoms with Gasteiger partial charge < -0.3 is 0 Å². The first-order valence-corrected chi connectivity index (χ1v) is 56.2. The molecule has 29 heteroatoms. The molecule has 0 aliphatic heterocycles. The normalized spacial score (nSPS) is 10.3. The Morgan fingerprint density at radius 2 is 0.493 bits per heavy atom. The van der Waals surface area contributed by atoms with E-state index in [9.17, 15) is 76.7 Å². The second-order valence-corrected chi connectivity index (χ2v) is 44.7. The molecule has 0 bridgehead atoms. The summed E-state index contributed by atoms with van der Waals surface area (Å²) >= 11 is 26.5. The Hall–Kier alpha value is -11.7.